The van der Waals surface area contributed by atoms with Crippen LogP contribution in [0, 0.1) is 0 Å². The molecule has 0 aromatic heterocycles. The molecule has 0 aliphatic carbocycles. The van der Waals surface area contributed by atoms with Gasteiger partial charge in [0.05, 0.1) is 12.4 Å². The molecule has 0 atom stereocenters. The lowest BCUT2D eigenvalue weighted by atomic mass is 9.99. The van der Waals surface area contributed by atoms with Gasteiger partial charge >= 0.3 is 0 Å². The molecule has 1 rings (SSSR count). The Morgan fingerprint density at radius 2 is 1.37 bits per heavy atom. The zero-order valence-electron chi connectivity index (χ0n) is 17.2. The monoisotopic (exact) mass is 398 g/mol. The highest BCUT2D eigenvalue weighted by Gasteiger charge is 2.11. The van der Waals surface area contributed by atoms with E-state index >= 15 is 0 Å². The Morgan fingerprint density at radius 3 is 1.85 bits per heavy atom. The molecule has 1 aromatic rings. The van der Waals surface area contributed by atoms with E-state index in [1.54, 1.807) is 0 Å². The number of hydrogen-bond acceptors (Lipinski definition) is 3. The Morgan fingerprint density at radius 1 is 0.815 bits per heavy atom. The molecule has 1 aromatic carbocycles. The zero-order chi connectivity index (χ0) is 20.0. The lowest BCUT2D eigenvalue weighted by molar-refractivity contribution is 0.302. The standard InChI is InChI=1S/C22H38O4S/c1-3-5-7-9-14-20-16-13-17-21(15-10-8-6-4-2)22(20)26-18-11-12-19-27(23,24)25/h13,16-17H,3-12,14-15,18-19H2,1-2H3,(H,23,24,25). The molecule has 27 heavy (non-hydrogen) atoms. The number of benzene rings is 1. The minimum atomic E-state index is -3.88. The number of hydrogen-bond donors (Lipinski definition) is 1. The van der Waals surface area contributed by atoms with Gasteiger partial charge in [-0.3, -0.25) is 4.55 Å². The van der Waals surface area contributed by atoms with Crippen LogP contribution in [0.5, 0.6) is 5.75 Å². The molecular formula is C22H38O4S. The van der Waals surface area contributed by atoms with Crippen molar-refractivity contribution < 1.29 is 17.7 Å². The Bertz CT molecular complexity index is 580. The lowest BCUT2D eigenvalue weighted by Gasteiger charge is -2.16. The third-order valence-corrected chi connectivity index (χ3v) is 5.63. The number of rotatable bonds is 16. The normalized spacial score (nSPS) is 11.7. The number of aryl methyl sites for hydroxylation is 2. The fourth-order valence-corrected chi connectivity index (χ4v) is 3.83. The van der Waals surface area contributed by atoms with Gasteiger partial charge in [0.1, 0.15) is 5.75 Å². The van der Waals surface area contributed by atoms with Crippen molar-refractivity contribution in [2.24, 2.45) is 0 Å². The summed E-state index contributed by atoms with van der Waals surface area (Å²) in [6, 6.07) is 6.46. The van der Waals surface area contributed by atoms with Crippen LogP contribution in [-0.4, -0.2) is 25.3 Å². The predicted molar refractivity (Wildman–Crippen MR) is 113 cm³/mol. The lowest BCUT2D eigenvalue weighted by Crippen LogP contribution is -2.08. The SMILES string of the molecule is CCCCCCc1cccc(CCCCCC)c1OCCCCS(=O)(=O)O. The second-order valence-corrected chi connectivity index (χ2v) is 8.94. The summed E-state index contributed by atoms with van der Waals surface area (Å²) in [7, 11) is -3.88. The first-order chi connectivity index (χ1) is 13.0. The van der Waals surface area contributed by atoms with Gasteiger partial charge in [-0.2, -0.15) is 8.42 Å². The van der Waals surface area contributed by atoms with Gasteiger partial charge in [-0.15, -0.1) is 0 Å². The molecule has 0 amide bonds. The Kier molecular flexibility index (Phi) is 12.4. The zero-order valence-corrected chi connectivity index (χ0v) is 18.0. The molecule has 0 bridgehead atoms. The summed E-state index contributed by atoms with van der Waals surface area (Å²) in [5.41, 5.74) is 2.54. The maximum Gasteiger partial charge on any atom is 0.264 e. The third kappa shape index (κ3) is 11.4. The number of para-hydroxylation sites is 1. The fourth-order valence-electron chi connectivity index (χ4n) is 3.26. The van der Waals surface area contributed by atoms with Gasteiger partial charge in [0, 0.05) is 0 Å². The Balaban J connectivity index is 2.67. The van der Waals surface area contributed by atoms with Gasteiger partial charge in [-0.1, -0.05) is 70.6 Å². The Hall–Kier alpha value is -1.07. The van der Waals surface area contributed by atoms with Gasteiger partial charge < -0.3 is 4.74 Å². The first kappa shape index (κ1) is 24.0. The highest BCUT2D eigenvalue weighted by atomic mass is 32.2. The summed E-state index contributed by atoms with van der Waals surface area (Å²) >= 11 is 0. The van der Waals surface area contributed by atoms with Crippen molar-refractivity contribution in [3.8, 4) is 5.75 Å². The number of ether oxygens (including phenoxy) is 1. The van der Waals surface area contributed by atoms with Crippen LogP contribution in [0.15, 0.2) is 18.2 Å². The molecule has 0 radical (unpaired) electrons. The Labute approximate surface area is 166 Å². The topological polar surface area (TPSA) is 63.6 Å². The molecule has 0 saturated carbocycles. The summed E-state index contributed by atoms with van der Waals surface area (Å²) in [6.07, 6.45) is 12.9. The molecule has 0 unspecified atom stereocenters. The van der Waals surface area contributed by atoms with E-state index in [4.69, 9.17) is 9.29 Å². The van der Waals surface area contributed by atoms with Crippen molar-refractivity contribution in [2.45, 2.75) is 90.9 Å². The van der Waals surface area contributed by atoms with Crippen LogP contribution in [0.25, 0.3) is 0 Å². The van der Waals surface area contributed by atoms with Gasteiger partial charge in [0.2, 0.25) is 0 Å². The molecule has 5 heteroatoms. The van der Waals surface area contributed by atoms with Crippen LogP contribution >= 0.6 is 0 Å². The molecule has 0 aliphatic heterocycles. The highest BCUT2D eigenvalue weighted by molar-refractivity contribution is 7.85. The van der Waals surface area contributed by atoms with E-state index in [1.165, 1.54) is 62.5 Å². The molecule has 0 fully saturated rings. The average molecular weight is 399 g/mol. The van der Waals surface area contributed by atoms with Crippen molar-refractivity contribution in [2.75, 3.05) is 12.4 Å². The minimum Gasteiger partial charge on any atom is -0.493 e. The summed E-state index contributed by atoms with van der Waals surface area (Å²) < 4.78 is 36.6. The van der Waals surface area contributed by atoms with Crippen LogP contribution in [-0.2, 0) is 23.0 Å². The van der Waals surface area contributed by atoms with Crippen molar-refractivity contribution in [3.05, 3.63) is 29.3 Å². The van der Waals surface area contributed by atoms with Crippen molar-refractivity contribution in [3.63, 3.8) is 0 Å². The van der Waals surface area contributed by atoms with Crippen LogP contribution in [0.3, 0.4) is 0 Å². The second-order valence-electron chi connectivity index (χ2n) is 7.37. The first-order valence-corrected chi connectivity index (χ1v) is 12.3. The van der Waals surface area contributed by atoms with E-state index in [0.717, 1.165) is 18.6 Å². The molecule has 4 nitrogen and oxygen atoms in total. The third-order valence-electron chi connectivity index (χ3n) is 4.82. The van der Waals surface area contributed by atoms with E-state index in [9.17, 15) is 8.42 Å². The first-order valence-electron chi connectivity index (χ1n) is 10.7. The second kappa shape index (κ2) is 14.0. The molecule has 1 N–H and O–H groups in total. The van der Waals surface area contributed by atoms with Crippen molar-refractivity contribution >= 4 is 10.1 Å². The molecule has 0 spiro atoms. The summed E-state index contributed by atoms with van der Waals surface area (Å²) in [6.45, 7) is 4.93. The van der Waals surface area contributed by atoms with Gasteiger partial charge in [-0.25, -0.2) is 0 Å². The van der Waals surface area contributed by atoms with E-state index < -0.39 is 10.1 Å². The maximum atomic E-state index is 10.8. The quantitative estimate of drug-likeness (QED) is 0.275. The van der Waals surface area contributed by atoms with Crippen LogP contribution in [0.4, 0.5) is 0 Å². The van der Waals surface area contributed by atoms with E-state index in [-0.39, 0.29) is 5.75 Å². The van der Waals surface area contributed by atoms with Crippen LogP contribution in [0.1, 0.15) is 89.2 Å². The fraction of sp³-hybridized carbons (Fsp3) is 0.727. The highest BCUT2D eigenvalue weighted by Crippen LogP contribution is 2.28. The molecule has 0 saturated heterocycles. The molecule has 0 aliphatic rings. The maximum absolute atomic E-state index is 10.8. The summed E-state index contributed by atoms with van der Waals surface area (Å²) in [5.74, 6) is 0.816. The van der Waals surface area contributed by atoms with Crippen LogP contribution in [0.2, 0.25) is 0 Å². The van der Waals surface area contributed by atoms with Gasteiger partial charge in [-0.05, 0) is 49.7 Å². The smallest absolute Gasteiger partial charge is 0.264 e. The minimum absolute atomic E-state index is 0.196. The van der Waals surface area contributed by atoms with E-state index in [2.05, 4.69) is 32.0 Å². The average Bonchev–Trinajstić information content (AvgIpc) is 2.62. The van der Waals surface area contributed by atoms with Crippen LogP contribution < -0.4 is 4.74 Å². The molecule has 0 heterocycles. The van der Waals surface area contributed by atoms with Crippen molar-refractivity contribution in [1.82, 2.24) is 0 Å². The van der Waals surface area contributed by atoms with Gasteiger partial charge in [0.25, 0.3) is 10.1 Å². The molecule has 156 valence electrons. The summed E-state index contributed by atoms with van der Waals surface area (Å²) in [4.78, 5) is 0. The van der Waals surface area contributed by atoms with Gasteiger partial charge in [0.15, 0.2) is 0 Å². The van der Waals surface area contributed by atoms with E-state index in [1.807, 2.05) is 0 Å². The predicted octanol–water partition coefficient (Wildman–Crippen LogP) is 5.98. The largest absolute Gasteiger partial charge is 0.493 e. The van der Waals surface area contributed by atoms with E-state index in [0.29, 0.717) is 19.4 Å². The summed E-state index contributed by atoms with van der Waals surface area (Å²) in [5, 5.41) is 0. The van der Waals surface area contributed by atoms with Crippen molar-refractivity contribution in [1.29, 1.82) is 0 Å². The number of unbranched alkanes of at least 4 members (excludes halogenated alkanes) is 7. The molecular weight excluding hydrogens is 360 g/mol.